The average molecular weight is 655 g/mol. The maximum absolute atomic E-state index is 13.4. The normalized spacial score (nSPS) is 14.9. The molecule has 0 atom stereocenters. The van der Waals surface area contributed by atoms with Gasteiger partial charge in [0.2, 0.25) is 5.82 Å². The molecule has 0 saturated heterocycles. The maximum atomic E-state index is 13.4. The molecule has 14 heteroatoms. The molecule has 0 spiro atoms. The van der Waals surface area contributed by atoms with Crippen molar-refractivity contribution in [3.8, 4) is 28.7 Å². The van der Waals surface area contributed by atoms with Gasteiger partial charge in [-0.1, -0.05) is 53.7 Å². The highest BCUT2D eigenvalue weighted by Gasteiger charge is 2.37. The van der Waals surface area contributed by atoms with E-state index in [1.807, 2.05) is 69.3 Å². The Hall–Kier alpha value is -4.29. The van der Waals surface area contributed by atoms with Crippen LogP contribution in [0.25, 0.3) is 23.0 Å². The van der Waals surface area contributed by atoms with Crippen LogP contribution in [0.1, 0.15) is 41.8 Å². The lowest BCUT2D eigenvalue weighted by atomic mass is 9.97. The zero-order valence-corrected chi connectivity index (χ0v) is 26.0. The quantitative estimate of drug-likeness (QED) is 0.146. The SMILES string of the molecule is Cc1cc(-c2nc(-c3ccc(OC(F)(F)F)cc3)no2)nn1Cc1cccc(CC(C)(C)OP2(=O)OCc3ccccc3CO2)c1. The first-order chi connectivity index (χ1) is 21.8. The number of benzene rings is 3. The number of aryl methyl sites for hydroxylation is 1. The van der Waals surface area contributed by atoms with Crippen molar-refractivity contribution in [2.24, 2.45) is 0 Å². The zero-order valence-electron chi connectivity index (χ0n) is 25.2. The average Bonchev–Trinajstić information content (AvgIpc) is 3.58. The topological polar surface area (TPSA) is 111 Å². The highest BCUT2D eigenvalue weighted by atomic mass is 31.2. The molecule has 5 aromatic rings. The number of alkyl halides is 3. The van der Waals surface area contributed by atoms with E-state index in [-0.39, 0.29) is 30.7 Å². The second kappa shape index (κ2) is 12.5. The zero-order chi connectivity index (χ0) is 32.5. The number of phosphoric ester groups is 1. The van der Waals surface area contributed by atoms with Crippen LogP contribution in [0.2, 0.25) is 0 Å². The Morgan fingerprint density at radius 2 is 1.59 bits per heavy atom. The van der Waals surface area contributed by atoms with Gasteiger partial charge >= 0.3 is 14.2 Å². The van der Waals surface area contributed by atoms with Gasteiger partial charge in [0.25, 0.3) is 5.89 Å². The predicted octanol–water partition coefficient (Wildman–Crippen LogP) is 8.05. The standard InChI is InChI=1S/C32H30F3N4O6P/c1-21-15-28(30-36-29(38-44-30)24-11-13-27(14-12-24)43-32(33,34)35)37-39(21)18-23-8-6-7-22(16-23)17-31(2,3)45-46(40)41-19-25-9-4-5-10-26(25)20-42-46/h4-16H,17-20H2,1-3H3. The Balaban J connectivity index is 1.10. The molecule has 3 aromatic carbocycles. The minimum absolute atomic E-state index is 0.142. The fourth-order valence-electron chi connectivity index (χ4n) is 5.09. The van der Waals surface area contributed by atoms with Crippen molar-refractivity contribution >= 4 is 7.82 Å². The van der Waals surface area contributed by atoms with Gasteiger partial charge in [-0.2, -0.15) is 10.1 Å². The van der Waals surface area contributed by atoms with E-state index in [0.29, 0.717) is 24.2 Å². The molecule has 46 heavy (non-hydrogen) atoms. The Kier molecular flexibility index (Phi) is 8.60. The summed E-state index contributed by atoms with van der Waals surface area (Å²) in [6, 6.07) is 22.5. The number of hydrogen-bond donors (Lipinski definition) is 0. The number of ether oxygens (including phenoxy) is 1. The number of rotatable bonds is 9. The minimum atomic E-state index is -4.78. The van der Waals surface area contributed by atoms with Gasteiger partial charge in [-0.25, -0.2) is 4.57 Å². The largest absolute Gasteiger partial charge is 0.573 e. The van der Waals surface area contributed by atoms with Crippen LogP contribution in [-0.4, -0.2) is 31.9 Å². The molecule has 2 aromatic heterocycles. The summed E-state index contributed by atoms with van der Waals surface area (Å²) < 4.78 is 79.1. The fourth-order valence-corrected chi connectivity index (χ4v) is 6.53. The van der Waals surface area contributed by atoms with E-state index >= 15 is 0 Å². The minimum Gasteiger partial charge on any atom is -0.406 e. The molecule has 0 aliphatic carbocycles. The molecule has 10 nitrogen and oxygen atoms in total. The van der Waals surface area contributed by atoms with Gasteiger partial charge in [-0.05, 0) is 73.4 Å². The van der Waals surface area contributed by atoms with Crippen molar-refractivity contribution in [2.75, 3.05) is 0 Å². The van der Waals surface area contributed by atoms with Crippen molar-refractivity contribution in [1.29, 1.82) is 0 Å². The number of halogens is 3. The van der Waals surface area contributed by atoms with E-state index in [1.165, 1.54) is 24.3 Å². The van der Waals surface area contributed by atoms with Crippen molar-refractivity contribution < 1.29 is 40.6 Å². The summed E-state index contributed by atoms with van der Waals surface area (Å²) in [5, 5.41) is 8.58. The summed E-state index contributed by atoms with van der Waals surface area (Å²) in [5.41, 5.74) is 4.66. The molecule has 0 saturated carbocycles. The molecule has 0 bridgehead atoms. The molecule has 3 heterocycles. The summed E-state index contributed by atoms with van der Waals surface area (Å²) in [5.74, 6) is 0.0186. The van der Waals surface area contributed by atoms with Crippen molar-refractivity contribution in [3.63, 3.8) is 0 Å². The van der Waals surface area contributed by atoms with Crippen molar-refractivity contribution in [2.45, 2.75) is 58.9 Å². The molecular weight excluding hydrogens is 624 g/mol. The van der Waals surface area contributed by atoms with E-state index in [4.69, 9.17) is 18.1 Å². The van der Waals surface area contributed by atoms with Crippen LogP contribution >= 0.6 is 7.82 Å². The van der Waals surface area contributed by atoms with Crippen LogP contribution in [0, 0.1) is 6.92 Å². The van der Waals surface area contributed by atoms with E-state index in [9.17, 15) is 17.7 Å². The molecular formula is C32H30F3N4O6P. The van der Waals surface area contributed by atoms with Gasteiger partial charge in [-0.15, -0.1) is 13.2 Å². The molecule has 1 aliphatic heterocycles. The summed E-state index contributed by atoms with van der Waals surface area (Å²) in [4.78, 5) is 4.37. The van der Waals surface area contributed by atoms with E-state index in [2.05, 4.69) is 20.0 Å². The third-order valence-corrected chi connectivity index (χ3v) is 8.77. The first-order valence-electron chi connectivity index (χ1n) is 14.3. The van der Waals surface area contributed by atoms with Crippen molar-refractivity contribution in [3.05, 3.63) is 107 Å². The lowest BCUT2D eigenvalue weighted by Crippen LogP contribution is -2.27. The first kappa shape index (κ1) is 31.7. The monoisotopic (exact) mass is 654 g/mol. The van der Waals surface area contributed by atoms with Crippen LogP contribution in [0.15, 0.2) is 83.4 Å². The summed E-state index contributed by atoms with van der Waals surface area (Å²) in [7, 11) is -3.81. The second-order valence-corrected chi connectivity index (χ2v) is 13.0. The Morgan fingerprint density at radius 1 is 0.913 bits per heavy atom. The smallest absolute Gasteiger partial charge is 0.406 e. The lowest BCUT2D eigenvalue weighted by molar-refractivity contribution is -0.274. The van der Waals surface area contributed by atoms with E-state index in [0.717, 1.165) is 27.9 Å². The van der Waals surface area contributed by atoms with Gasteiger partial charge < -0.3 is 9.26 Å². The Labute approximate surface area is 262 Å². The molecule has 0 fully saturated rings. The van der Waals surface area contributed by atoms with Gasteiger partial charge in [0.05, 0.1) is 25.4 Å². The number of fused-ring (bicyclic) bond motifs is 1. The number of hydrogen-bond acceptors (Lipinski definition) is 9. The summed E-state index contributed by atoms with van der Waals surface area (Å²) in [6.07, 6.45) is -4.33. The summed E-state index contributed by atoms with van der Waals surface area (Å²) in [6.45, 7) is 6.32. The number of aromatic nitrogens is 4. The molecule has 1 aliphatic rings. The third-order valence-electron chi connectivity index (χ3n) is 7.16. The van der Waals surface area contributed by atoms with Crippen LogP contribution in [-0.2, 0) is 44.3 Å². The van der Waals surface area contributed by atoms with Gasteiger partial charge in [0.1, 0.15) is 5.75 Å². The van der Waals surface area contributed by atoms with Gasteiger partial charge in [0, 0.05) is 17.7 Å². The van der Waals surface area contributed by atoms with Crippen molar-refractivity contribution in [1.82, 2.24) is 19.9 Å². The predicted molar refractivity (Wildman–Crippen MR) is 160 cm³/mol. The molecule has 6 rings (SSSR count). The van der Waals surface area contributed by atoms with Crippen LogP contribution in [0.3, 0.4) is 0 Å². The van der Waals surface area contributed by atoms with Crippen LogP contribution in [0.5, 0.6) is 5.75 Å². The van der Waals surface area contributed by atoms with Crippen LogP contribution in [0.4, 0.5) is 13.2 Å². The Bertz CT molecular complexity index is 1860. The summed E-state index contributed by atoms with van der Waals surface area (Å²) >= 11 is 0. The second-order valence-electron chi connectivity index (χ2n) is 11.4. The molecule has 0 unspecified atom stereocenters. The molecule has 0 radical (unpaired) electrons. The lowest BCUT2D eigenvalue weighted by Gasteiger charge is -2.29. The molecule has 0 amide bonds. The third kappa shape index (κ3) is 7.73. The number of phosphoric acid groups is 1. The highest BCUT2D eigenvalue weighted by molar-refractivity contribution is 7.48. The molecule has 0 N–H and O–H groups in total. The number of nitrogens with zero attached hydrogens (tertiary/aromatic N) is 4. The van der Waals surface area contributed by atoms with Gasteiger partial charge in [-0.3, -0.25) is 18.3 Å². The molecule has 240 valence electrons. The first-order valence-corrected chi connectivity index (χ1v) is 15.8. The maximum Gasteiger partial charge on any atom is 0.573 e. The Morgan fingerprint density at radius 3 is 2.26 bits per heavy atom. The van der Waals surface area contributed by atoms with E-state index < -0.39 is 19.8 Å². The van der Waals surface area contributed by atoms with Crippen LogP contribution < -0.4 is 4.74 Å². The van der Waals surface area contributed by atoms with E-state index in [1.54, 1.807) is 10.7 Å². The van der Waals surface area contributed by atoms with Gasteiger partial charge in [0.15, 0.2) is 5.69 Å². The highest BCUT2D eigenvalue weighted by Crippen LogP contribution is 2.55. The fraction of sp³-hybridized carbons (Fsp3) is 0.281.